The van der Waals surface area contributed by atoms with Crippen LogP contribution in [0.15, 0.2) is 54.6 Å². The summed E-state index contributed by atoms with van der Waals surface area (Å²) in [5.41, 5.74) is 9.12. The number of benzene rings is 3. The van der Waals surface area contributed by atoms with E-state index in [1.54, 1.807) is 0 Å². The van der Waals surface area contributed by atoms with Crippen LogP contribution in [0.5, 0.6) is 0 Å². The van der Waals surface area contributed by atoms with Gasteiger partial charge >= 0.3 is 0 Å². The van der Waals surface area contributed by atoms with Crippen molar-refractivity contribution in [1.82, 2.24) is 0 Å². The number of hydrogen-bond donors (Lipinski definition) is 0. The van der Waals surface area contributed by atoms with Crippen LogP contribution in [-0.2, 0) is 0 Å². The van der Waals surface area contributed by atoms with Gasteiger partial charge in [-0.25, -0.2) is 0 Å². The predicted octanol–water partition coefficient (Wildman–Crippen LogP) is 5.69. The summed E-state index contributed by atoms with van der Waals surface area (Å²) >= 11 is 0. The van der Waals surface area contributed by atoms with Gasteiger partial charge in [0.05, 0.1) is 11.1 Å². The van der Waals surface area contributed by atoms with E-state index >= 15 is 0 Å². The van der Waals surface area contributed by atoms with Gasteiger partial charge in [0.1, 0.15) is 12.1 Å². The lowest BCUT2D eigenvalue weighted by atomic mass is 9.67. The first-order valence-electron chi connectivity index (χ1n) is 9.21. The van der Waals surface area contributed by atoms with Crippen LogP contribution in [-0.4, -0.2) is 0 Å². The Morgan fingerprint density at radius 3 is 1.81 bits per heavy atom. The van der Waals surface area contributed by atoms with Crippen LogP contribution < -0.4 is 0 Å². The molecule has 0 saturated heterocycles. The van der Waals surface area contributed by atoms with E-state index in [9.17, 15) is 10.5 Å². The molecule has 2 heteroatoms. The summed E-state index contributed by atoms with van der Waals surface area (Å²) in [6.07, 6.45) is 0. The molecule has 2 nitrogen and oxygen atoms in total. The Morgan fingerprint density at radius 1 is 0.704 bits per heavy atom. The monoisotopic (exact) mass is 348 g/mol. The van der Waals surface area contributed by atoms with Crippen molar-refractivity contribution < 1.29 is 0 Å². The van der Waals surface area contributed by atoms with Gasteiger partial charge in [-0.3, -0.25) is 0 Å². The molecule has 1 aliphatic carbocycles. The van der Waals surface area contributed by atoms with Gasteiger partial charge in [-0.2, -0.15) is 10.5 Å². The molecule has 0 N–H and O–H groups in total. The summed E-state index contributed by atoms with van der Waals surface area (Å²) in [4.78, 5) is 0. The normalized spacial score (nSPS) is 17.4. The maximum atomic E-state index is 9.77. The van der Waals surface area contributed by atoms with E-state index in [2.05, 4.69) is 67.6 Å². The van der Waals surface area contributed by atoms with Crippen molar-refractivity contribution in [1.29, 1.82) is 10.5 Å². The highest BCUT2D eigenvalue weighted by atomic mass is 14.4. The minimum absolute atomic E-state index is 0.0761. The largest absolute Gasteiger partial charge is 0.192 e. The minimum atomic E-state index is 0.0761. The van der Waals surface area contributed by atoms with Crippen molar-refractivity contribution in [2.45, 2.75) is 32.6 Å². The molecule has 27 heavy (non-hydrogen) atoms. The zero-order valence-corrected chi connectivity index (χ0v) is 15.7. The number of hydrogen-bond acceptors (Lipinski definition) is 2. The highest BCUT2D eigenvalue weighted by molar-refractivity contribution is 5.68. The van der Waals surface area contributed by atoms with E-state index in [4.69, 9.17) is 0 Å². The summed E-state index contributed by atoms with van der Waals surface area (Å²) in [6.45, 7) is 6.19. The molecule has 130 valence electrons. The van der Waals surface area contributed by atoms with Crippen LogP contribution in [0.3, 0.4) is 0 Å². The Bertz CT molecular complexity index is 1130. The molecule has 4 rings (SSSR count). The van der Waals surface area contributed by atoms with Crippen LogP contribution in [0.2, 0.25) is 0 Å². The second-order valence-electron chi connectivity index (χ2n) is 7.25. The Balaban J connectivity index is 2.16. The lowest BCUT2D eigenvalue weighted by Gasteiger charge is -2.36. The molecule has 0 amide bonds. The fourth-order valence-corrected chi connectivity index (χ4v) is 4.73. The molecule has 1 aliphatic rings. The molecule has 0 aliphatic heterocycles. The third kappa shape index (κ3) is 2.38. The molecule has 2 atom stereocenters. The van der Waals surface area contributed by atoms with Gasteiger partial charge in [-0.05, 0) is 52.8 Å². The lowest BCUT2D eigenvalue weighted by molar-refractivity contribution is 0.779. The molecule has 0 radical (unpaired) electrons. The number of fused-ring (bicyclic) bond motifs is 2. The van der Waals surface area contributed by atoms with Crippen molar-refractivity contribution in [2.75, 3.05) is 0 Å². The summed E-state index contributed by atoms with van der Waals surface area (Å²) in [6, 6.07) is 23.6. The number of nitriles is 2. The highest BCUT2D eigenvalue weighted by Gasteiger charge is 2.35. The van der Waals surface area contributed by atoms with E-state index in [0.717, 1.165) is 11.1 Å². The van der Waals surface area contributed by atoms with Gasteiger partial charge in [0.15, 0.2) is 0 Å². The Hall–Kier alpha value is -3.36. The average Bonchev–Trinajstić information content (AvgIpc) is 2.71. The third-order valence-corrected chi connectivity index (χ3v) is 5.95. The zero-order chi connectivity index (χ0) is 19.1. The van der Waals surface area contributed by atoms with E-state index in [0.29, 0.717) is 11.1 Å². The van der Waals surface area contributed by atoms with E-state index in [-0.39, 0.29) is 11.8 Å². The molecular formula is C25H20N2. The van der Waals surface area contributed by atoms with Crippen LogP contribution in [0, 0.1) is 36.5 Å². The van der Waals surface area contributed by atoms with Crippen LogP contribution in [0.25, 0.3) is 0 Å². The van der Waals surface area contributed by atoms with Gasteiger partial charge in [-0.1, -0.05) is 61.5 Å². The van der Waals surface area contributed by atoms with Crippen molar-refractivity contribution in [3.63, 3.8) is 0 Å². The second-order valence-corrected chi connectivity index (χ2v) is 7.25. The summed E-state index contributed by atoms with van der Waals surface area (Å²) in [7, 11) is 0. The quantitative estimate of drug-likeness (QED) is 0.567. The smallest absolute Gasteiger partial charge is 0.101 e. The number of nitrogens with zero attached hydrogens (tertiary/aromatic N) is 2. The fourth-order valence-electron chi connectivity index (χ4n) is 4.73. The fraction of sp³-hybridized carbons (Fsp3) is 0.200. The predicted molar refractivity (Wildman–Crippen MR) is 107 cm³/mol. The summed E-state index contributed by atoms with van der Waals surface area (Å²) in [5.74, 6) is 0.266. The topological polar surface area (TPSA) is 47.6 Å². The molecule has 2 unspecified atom stereocenters. The van der Waals surface area contributed by atoms with Crippen molar-refractivity contribution >= 4 is 0 Å². The molecule has 0 bridgehead atoms. The van der Waals surface area contributed by atoms with Gasteiger partial charge in [0, 0.05) is 11.8 Å². The summed E-state index contributed by atoms with van der Waals surface area (Å²) in [5, 5.41) is 19.5. The minimum Gasteiger partial charge on any atom is -0.192 e. The lowest BCUT2D eigenvalue weighted by Crippen LogP contribution is -2.21. The first-order valence-corrected chi connectivity index (χ1v) is 9.21. The average molecular weight is 348 g/mol. The van der Waals surface area contributed by atoms with Crippen LogP contribution in [0.1, 0.15) is 68.8 Å². The highest BCUT2D eigenvalue weighted by Crippen LogP contribution is 2.49. The van der Waals surface area contributed by atoms with Crippen LogP contribution in [0.4, 0.5) is 0 Å². The third-order valence-electron chi connectivity index (χ3n) is 5.95. The van der Waals surface area contributed by atoms with Gasteiger partial charge in [0.25, 0.3) is 0 Å². The van der Waals surface area contributed by atoms with E-state index in [1.807, 2.05) is 19.9 Å². The van der Waals surface area contributed by atoms with E-state index < -0.39 is 0 Å². The van der Waals surface area contributed by atoms with Crippen molar-refractivity contribution in [3.05, 3.63) is 105 Å². The second kappa shape index (κ2) is 6.42. The molecule has 0 heterocycles. The molecule has 0 aromatic heterocycles. The summed E-state index contributed by atoms with van der Waals surface area (Å²) < 4.78 is 0. The molecule has 3 aromatic rings. The Labute approximate surface area is 160 Å². The Morgan fingerprint density at radius 2 is 1.22 bits per heavy atom. The standard InChI is InChI=1S/C25H20N2/c1-15-19-11-7-8-12-20(19)25(18-9-5-4-6-10-18)24-17(3)22(14-27)21(13-26)16(2)23(15)24/h4-12,15,25H,1-3H3. The SMILES string of the molecule is Cc1c(C#N)c(C#N)c(C)c2c1C(C)c1ccccc1C2c1ccccc1. The van der Waals surface area contributed by atoms with Gasteiger partial charge in [-0.15, -0.1) is 0 Å². The van der Waals surface area contributed by atoms with Crippen molar-refractivity contribution in [3.8, 4) is 12.1 Å². The maximum absolute atomic E-state index is 9.77. The molecule has 0 spiro atoms. The first-order chi connectivity index (χ1) is 13.1. The van der Waals surface area contributed by atoms with Crippen LogP contribution >= 0.6 is 0 Å². The van der Waals surface area contributed by atoms with Gasteiger partial charge < -0.3 is 0 Å². The van der Waals surface area contributed by atoms with Gasteiger partial charge in [0.2, 0.25) is 0 Å². The maximum Gasteiger partial charge on any atom is 0.101 e. The van der Waals surface area contributed by atoms with Crippen molar-refractivity contribution in [2.24, 2.45) is 0 Å². The zero-order valence-electron chi connectivity index (χ0n) is 15.7. The molecule has 0 fully saturated rings. The van der Waals surface area contributed by atoms with E-state index in [1.165, 1.54) is 27.8 Å². The Kier molecular flexibility index (Phi) is 4.06. The molecule has 3 aromatic carbocycles. The molecule has 0 saturated carbocycles. The number of rotatable bonds is 1. The molecular weight excluding hydrogens is 328 g/mol. The first kappa shape index (κ1) is 17.1.